The average Bonchev–Trinajstić information content (AvgIpc) is 2.53. The van der Waals surface area contributed by atoms with Crippen LogP contribution >= 0.6 is 11.8 Å². The molecule has 1 aliphatic carbocycles. The monoisotopic (exact) mass is 195 g/mol. The lowest BCUT2D eigenvalue weighted by Gasteiger charge is -2.04. The van der Waals surface area contributed by atoms with Gasteiger partial charge in [-0.3, -0.25) is 0 Å². The molecule has 13 heavy (non-hydrogen) atoms. The molecule has 1 aliphatic rings. The van der Waals surface area contributed by atoms with E-state index in [2.05, 4.69) is 9.97 Å². The van der Waals surface area contributed by atoms with Gasteiger partial charge < -0.3 is 5.73 Å². The highest BCUT2D eigenvalue weighted by Gasteiger charge is 2.17. The zero-order valence-corrected chi connectivity index (χ0v) is 8.52. The van der Waals surface area contributed by atoms with Crippen molar-refractivity contribution in [3.05, 3.63) is 17.1 Å². The van der Waals surface area contributed by atoms with E-state index in [-0.39, 0.29) is 0 Å². The second-order valence-corrected chi connectivity index (χ2v) is 4.10. The zero-order chi connectivity index (χ0) is 9.26. The smallest absolute Gasteiger partial charge is 0.140 e. The number of aryl methyl sites for hydroxylation is 1. The van der Waals surface area contributed by atoms with Crippen LogP contribution in [0.1, 0.15) is 23.5 Å². The van der Waals surface area contributed by atoms with Crippen molar-refractivity contribution >= 4 is 17.6 Å². The molecule has 0 spiro atoms. The van der Waals surface area contributed by atoms with Gasteiger partial charge in [0.25, 0.3) is 0 Å². The predicted octanol–water partition coefficient (Wildman–Crippen LogP) is 1.41. The lowest BCUT2D eigenvalue weighted by molar-refractivity contribution is 0.893. The molecule has 2 rings (SSSR count). The summed E-state index contributed by atoms with van der Waals surface area (Å²) in [4.78, 5) is 8.77. The number of nitrogens with two attached hydrogens (primary N) is 1. The van der Waals surface area contributed by atoms with E-state index >= 15 is 0 Å². The molecular weight excluding hydrogens is 182 g/mol. The largest absolute Gasteiger partial charge is 0.383 e. The maximum atomic E-state index is 5.84. The average molecular weight is 195 g/mol. The number of fused-ring (bicyclic) bond motifs is 1. The van der Waals surface area contributed by atoms with E-state index in [1.54, 1.807) is 11.8 Å². The van der Waals surface area contributed by atoms with Gasteiger partial charge >= 0.3 is 0 Å². The minimum Gasteiger partial charge on any atom is -0.383 e. The van der Waals surface area contributed by atoms with Crippen LogP contribution in [-0.2, 0) is 18.6 Å². The van der Waals surface area contributed by atoms with E-state index < -0.39 is 0 Å². The Morgan fingerprint density at radius 2 is 2.23 bits per heavy atom. The van der Waals surface area contributed by atoms with Crippen LogP contribution in [0, 0.1) is 0 Å². The molecule has 0 saturated heterocycles. The molecule has 0 atom stereocenters. The Balaban J connectivity index is 2.37. The number of anilines is 1. The van der Waals surface area contributed by atoms with Gasteiger partial charge in [-0.05, 0) is 25.5 Å². The third-order valence-electron chi connectivity index (χ3n) is 2.28. The molecule has 0 fully saturated rings. The fourth-order valence-electron chi connectivity index (χ4n) is 1.71. The second-order valence-electron chi connectivity index (χ2n) is 3.24. The summed E-state index contributed by atoms with van der Waals surface area (Å²) < 4.78 is 0. The van der Waals surface area contributed by atoms with Crippen LogP contribution < -0.4 is 5.73 Å². The van der Waals surface area contributed by atoms with Gasteiger partial charge in [0.1, 0.15) is 11.6 Å². The normalized spacial score (nSPS) is 14.5. The quantitative estimate of drug-likeness (QED) is 0.775. The molecular formula is C9H13N3S. The summed E-state index contributed by atoms with van der Waals surface area (Å²) in [7, 11) is 0. The Morgan fingerprint density at radius 1 is 1.38 bits per heavy atom. The number of hydrogen-bond acceptors (Lipinski definition) is 4. The molecule has 1 heterocycles. The third-order valence-corrected chi connectivity index (χ3v) is 2.83. The van der Waals surface area contributed by atoms with Crippen molar-refractivity contribution in [1.29, 1.82) is 0 Å². The molecule has 70 valence electrons. The number of rotatable bonds is 2. The van der Waals surface area contributed by atoms with E-state index in [0.29, 0.717) is 5.82 Å². The van der Waals surface area contributed by atoms with Crippen molar-refractivity contribution in [3.8, 4) is 0 Å². The van der Waals surface area contributed by atoms with Gasteiger partial charge in [0.2, 0.25) is 0 Å². The number of hydrogen-bond donors (Lipinski definition) is 1. The standard InChI is InChI=1S/C9H13N3S/c1-13-5-8-11-7-4-2-3-6(7)9(10)12-8/h2-5H2,1H3,(H2,10,11,12). The second kappa shape index (κ2) is 3.54. The molecule has 1 aromatic heterocycles. The minimum absolute atomic E-state index is 0.701. The van der Waals surface area contributed by atoms with Crippen LogP contribution in [0.15, 0.2) is 0 Å². The Bertz CT molecular complexity index is 325. The molecule has 4 heteroatoms. The van der Waals surface area contributed by atoms with Crippen molar-refractivity contribution in [1.82, 2.24) is 9.97 Å². The van der Waals surface area contributed by atoms with Crippen LogP contribution in [0.5, 0.6) is 0 Å². The lowest BCUT2D eigenvalue weighted by Crippen LogP contribution is -2.04. The molecule has 0 unspecified atom stereocenters. The summed E-state index contributed by atoms with van der Waals surface area (Å²) in [6.45, 7) is 0. The first-order valence-electron chi connectivity index (χ1n) is 4.44. The van der Waals surface area contributed by atoms with Crippen LogP contribution in [0.3, 0.4) is 0 Å². The SMILES string of the molecule is CSCc1nc(N)c2c(n1)CCC2. The highest BCUT2D eigenvalue weighted by molar-refractivity contribution is 7.97. The van der Waals surface area contributed by atoms with Gasteiger partial charge in [-0.1, -0.05) is 0 Å². The molecule has 0 saturated carbocycles. The van der Waals surface area contributed by atoms with Crippen LogP contribution in [0.25, 0.3) is 0 Å². The van der Waals surface area contributed by atoms with Crippen molar-refractivity contribution in [3.63, 3.8) is 0 Å². The molecule has 0 aliphatic heterocycles. The van der Waals surface area contributed by atoms with E-state index in [4.69, 9.17) is 5.73 Å². The van der Waals surface area contributed by atoms with Gasteiger partial charge in [0.15, 0.2) is 0 Å². The van der Waals surface area contributed by atoms with Gasteiger partial charge in [-0.2, -0.15) is 11.8 Å². The Kier molecular flexibility index (Phi) is 2.40. The molecule has 0 amide bonds. The first kappa shape index (κ1) is 8.81. The van der Waals surface area contributed by atoms with Gasteiger partial charge in [0.05, 0.1) is 5.75 Å². The highest BCUT2D eigenvalue weighted by atomic mass is 32.2. The van der Waals surface area contributed by atoms with Crippen molar-refractivity contribution < 1.29 is 0 Å². The van der Waals surface area contributed by atoms with Crippen LogP contribution in [0.4, 0.5) is 5.82 Å². The summed E-state index contributed by atoms with van der Waals surface area (Å²) in [6.07, 6.45) is 5.36. The van der Waals surface area contributed by atoms with Crippen LogP contribution in [0.2, 0.25) is 0 Å². The summed E-state index contributed by atoms with van der Waals surface area (Å²) in [5.74, 6) is 2.44. The van der Waals surface area contributed by atoms with E-state index in [9.17, 15) is 0 Å². The van der Waals surface area contributed by atoms with E-state index in [0.717, 1.165) is 24.4 Å². The highest BCUT2D eigenvalue weighted by Crippen LogP contribution is 2.24. The Labute approximate surface area is 82.2 Å². The van der Waals surface area contributed by atoms with Crippen molar-refractivity contribution in [2.75, 3.05) is 12.0 Å². The van der Waals surface area contributed by atoms with Crippen molar-refractivity contribution in [2.45, 2.75) is 25.0 Å². The number of nitrogens with zero attached hydrogens (tertiary/aromatic N) is 2. The van der Waals surface area contributed by atoms with E-state index in [1.807, 2.05) is 6.26 Å². The minimum atomic E-state index is 0.701. The summed E-state index contributed by atoms with van der Waals surface area (Å²) in [6, 6.07) is 0. The first-order chi connectivity index (χ1) is 6.31. The summed E-state index contributed by atoms with van der Waals surface area (Å²) in [5.41, 5.74) is 8.21. The molecule has 1 aromatic rings. The third kappa shape index (κ3) is 1.63. The molecule has 0 aromatic carbocycles. The predicted molar refractivity (Wildman–Crippen MR) is 55.7 cm³/mol. The fraction of sp³-hybridized carbons (Fsp3) is 0.556. The van der Waals surface area contributed by atoms with Gasteiger partial charge in [-0.25, -0.2) is 9.97 Å². The zero-order valence-electron chi connectivity index (χ0n) is 7.71. The summed E-state index contributed by atoms with van der Waals surface area (Å²) >= 11 is 1.73. The van der Waals surface area contributed by atoms with Gasteiger partial charge in [-0.15, -0.1) is 0 Å². The molecule has 2 N–H and O–H groups in total. The molecule has 0 bridgehead atoms. The Morgan fingerprint density at radius 3 is 3.00 bits per heavy atom. The maximum Gasteiger partial charge on any atom is 0.140 e. The molecule has 0 radical (unpaired) electrons. The van der Waals surface area contributed by atoms with E-state index in [1.165, 1.54) is 17.7 Å². The number of nitrogen functional groups attached to an aromatic ring is 1. The number of aromatic nitrogens is 2. The Hall–Kier alpha value is -0.770. The fourth-order valence-corrected chi connectivity index (χ4v) is 2.10. The van der Waals surface area contributed by atoms with Gasteiger partial charge in [0, 0.05) is 11.3 Å². The first-order valence-corrected chi connectivity index (χ1v) is 5.83. The topological polar surface area (TPSA) is 51.8 Å². The van der Waals surface area contributed by atoms with Crippen molar-refractivity contribution in [2.24, 2.45) is 0 Å². The number of thioether (sulfide) groups is 1. The summed E-state index contributed by atoms with van der Waals surface area (Å²) in [5, 5.41) is 0. The molecule has 3 nitrogen and oxygen atoms in total. The lowest BCUT2D eigenvalue weighted by atomic mass is 10.2. The maximum absolute atomic E-state index is 5.84. The van der Waals surface area contributed by atoms with Crippen LogP contribution in [-0.4, -0.2) is 16.2 Å².